The van der Waals surface area contributed by atoms with E-state index >= 15 is 0 Å². The molecule has 3 heterocycles. The van der Waals surface area contributed by atoms with Crippen molar-refractivity contribution in [3.63, 3.8) is 0 Å². The number of nitrogens with one attached hydrogen (secondary N) is 1. The minimum absolute atomic E-state index is 0.00899. The van der Waals surface area contributed by atoms with Gasteiger partial charge in [-0.3, -0.25) is 14.4 Å². The molecule has 2 amide bonds. The molecule has 1 N–H and O–H groups in total. The molecule has 4 fully saturated rings. The Morgan fingerprint density at radius 1 is 1.11 bits per heavy atom. The maximum absolute atomic E-state index is 13.8. The molecule has 3 saturated heterocycles. The van der Waals surface area contributed by atoms with Crippen molar-refractivity contribution in [3.05, 3.63) is 35.4 Å². The number of Topliss-reactive ketones (excluding diaryl/α,β-unsaturated/α-hetero) is 1. The molecule has 8 nitrogen and oxygen atoms in total. The third-order valence-electron chi connectivity index (χ3n) is 8.46. The number of likely N-dealkylation sites (tertiary alicyclic amines) is 2. The topological polar surface area (TPSA) is 88.2 Å². The van der Waals surface area contributed by atoms with Gasteiger partial charge < -0.3 is 24.6 Å². The molecule has 0 radical (unpaired) electrons. The van der Waals surface area contributed by atoms with Crippen molar-refractivity contribution >= 4 is 17.6 Å². The fourth-order valence-corrected chi connectivity index (χ4v) is 6.40. The van der Waals surface area contributed by atoms with Crippen molar-refractivity contribution in [3.8, 4) is 0 Å². The molecule has 1 aliphatic carbocycles. The third-order valence-corrected chi connectivity index (χ3v) is 8.46. The number of rotatable bonds is 8. The quantitative estimate of drug-likeness (QED) is 0.561. The summed E-state index contributed by atoms with van der Waals surface area (Å²) < 4.78 is 11.5. The highest BCUT2D eigenvalue weighted by Crippen LogP contribution is 2.35. The first kappa shape index (κ1) is 27.3. The highest BCUT2D eigenvalue weighted by atomic mass is 16.6. The van der Waals surface area contributed by atoms with Gasteiger partial charge in [0.2, 0.25) is 5.91 Å². The second kappa shape index (κ2) is 11.1. The van der Waals surface area contributed by atoms with Crippen molar-refractivity contribution in [2.75, 3.05) is 32.8 Å². The SMILES string of the molecule is CCO[C@H]1CN(C(=O)C(CC(C)(C)C)NC(=O)c2ccc(C3CCN(C4CC4)CC3)cc2)[C@@H]2C(=O)CO[C@H]12. The van der Waals surface area contributed by atoms with Gasteiger partial charge in [0.1, 0.15) is 30.9 Å². The fraction of sp³-hybridized carbons (Fsp3) is 0.700. The minimum Gasteiger partial charge on any atom is -0.374 e. The highest BCUT2D eigenvalue weighted by molar-refractivity contribution is 5.99. The number of ketones is 1. The Labute approximate surface area is 226 Å². The molecule has 3 aliphatic heterocycles. The predicted octanol–water partition coefficient (Wildman–Crippen LogP) is 3.15. The van der Waals surface area contributed by atoms with Crippen LogP contribution in [0.25, 0.3) is 0 Å². The maximum atomic E-state index is 13.8. The zero-order chi connectivity index (χ0) is 27.0. The molecule has 5 rings (SSSR count). The van der Waals surface area contributed by atoms with Crippen LogP contribution in [0.15, 0.2) is 24.3 Å². The summed E-state index contributed by atoms with van der Waals surface area (Å²) >= 11 is 0. The van der Waals surface area contributed by atoms with Crippen LogP contribution in [0.2, 0.25) is 0 Å². The smallest absolute Gasteiger partial charge is 0.251 e. The molecule has 1 unspecified atom stereocenters. The molecule has 4 atom stereocenters. The van der Waals surface area contributed by atoms with Crippen molar-refractivity contribution in [2.24, 2.45) is 5.41 Å². The van der Waals surface area contributed by atoms with Gasteiger partial charge in [0.05, 0.1) is 6.54 Å². The largest absolute Gasteiger partial charge is 0.374 e. The van der Waals surface area contributed by atoms with Crippen molar-refractivity contribution in [1.82, 2.24) is 15.1 Å². The van der Waals surface area contributed by atoms with Crippen LogP contribution in [0.3, 0.4) is 0 Å². The van der Waals surface area contributed by atoms with E-state index in [-0.39, 0.29) is 35.7 Å². The molecule has 208 valence electrons. The summed E-state index contributed by atoms with van der Waals surface area (Å²) in [6.45, 7) is 11.1. The molecule has 8 heteroatoms. The van der Waals surface area contributed by atoms with Gasteiger partial charge in [-0.1, -0.05) is 32.9 Å². The van der Waals surface area contributed by atoms with E-state index in [2.05, 4.69) is 22.3 Å². The van der Waals surface area contributed by atoms with Crippen LogP contribution in [0, 0.1) is 5.41 Å². The van der Waals surface area contributed by atoms with Gasteiger partial charge in [0.15, 0.2) is 5.78 Å². The molecular weight excluding hydrogens is 482 g/mol. The summed E-state index contributed by atoms with van der Waals surface area (Å²) in [4.78, 5) is 44.0. The van der Waals surface area contributed by atoms with Crippen LogP contribution >= 0.6 is 0 Å². The van der Waals surface area contributed by atoms with E-state index < -0.39 is 18.2 Å². The summed E-state index contributed by atoms with van der Waals surface area (Å²) in [6, 6.07) is 7.32. The summed E-state index contributed by atoms with van der Waals surface area (Å²) in [6.07, 6.45) is 4.70. The monoisotopic (exact) mass is 525 g/mol. The lowest BCUT2D eigenvalue weighted by Crippen LogP contribution is -2.53. The molecule has 1 saturated carbocycles. The first-order valence-corrected chi connectivity index (χ1v) is 14.4. The average Bonchev–Trinajstić information content (AvgIpc) is 3.58. The van der Waals surface area contributed by atoms with E-state index in [4.69, 9.17) is 9.47 Å². The van der Waals surface area contributed by atoms with E-state index in [9.17, 15) is 14.4 Å². The summed E-state index contributed by atoms with van der Waals surface area (Å²) in [5, 5.41) is 3.00. The number of fused-ring (bicyclic) bond motifs is 1. The van der Waals surface area contributed by atoms with Crippen LogP contribution in [-0.4, -0.2) is 90.6 Å². The number of hydrogen-bond acceptors (Lipinski definition) is 6. The van der Waals surface area contributed by atoms with Crippen LogP contribution in [0.4, 0.5) is 0 Å². The lowest BCUT2D eigenvalue weighted by molar-refractivity contribution is -0.139. The summed E-state index contributed by atoms with van der Waals surface area (Å²) in [7, 11) is 0. The van der Waals surface area contributed by atoms with Gasteiger partial charge >= 0.3 is 0 Å². The Balaban J connectivity index is 1.26. The molecule has 1 aromatic carbocycles. The van der Waals surface area contributed by atoms with Crippen LogP contribution in [-0.2, 0) is 19.1 Å². The molecule has 0 aromatic heterocycles. The van der Waals surface area contributed by atoms with Gasteiger partial charge in [0.25, 0.3) is 5.91 Å². The highest BCUT2D eigenvalue weighted by Gasteiger charge is 2.53. The second-order valence-corrected chi connectivity index (χ2v) is 12.6. The summed E-state index contributed by atoms with van der Waals surface area (Å²) in [5.74, 6) is -0.0907. The first-order chi connectivity index (χ1) is 18.1. The van der Waals surface area contributed by atoms with Crippen molar-refractivity contribution < 1.29 is 23.9 Å². The van der Waals surface area contributed by atoms with Crippen molar-refractivity contribution in [1.29, 1.82) is 0 Å². The molecule has 0 spiro atoms. The molecule has 0 bridgehead atoms. The summed E-state index contributed by atoms with van der Waals surface area (Å²) in [5.41, 5.74) is 1.62. The first-order valence-electron chi connectivity index (χ1n) is 14.4. The average molecular weight is 526 g/mol. The van der Waals surface area contributed by atoms with E-state index in [1.165, 1.54) is 18.4 Å². The number of carbonyl (C=O) groups excluding carboxylic acids is 3. The van der Waals surface area contributed by atoms with Gasteiger partial charge in [0, 0.05) is 18.2 Å². The number of hydrogen-bond donors (Lipinski definition) is 1. The molecule has 4 aliphatic rings. The van der Waals surface area contributed by atoms with Crippen LogP contribution in [0.1, 0.15) is 81.6 Å². The lowest BCUT2D eigenvalue weighted by atomic mass is 9.87. The Morgan fingerprint density at radius 3 is 2.39 bits per heavy atom. The van der Waals surface area contributed by atoms with Gasteiger partial charge in [-0.05, 0) is 81.1 Å². The Morgan fingerprint density at radius 2 is 1.79 bits per heavy atom. The second-order valence-electron chi connectivity index (χ2n) is 12.6. The minimum atomic E-state index is -0.747. The standard InChI is InChI=1S/C30H43N3O5/c1-5-37-25-17-33(26-24(34)18-38-27(25)26)29(36)23(16-30(2,3)4)31-28(35)21-8-6-19(7-9-21)20-12-14-32(15-13-20)22-10-11-22/h6-9,20,22-23,25-27H,5,10-18H2,1-4H3,(H,31,35)/t23?,25-,26+,27+/m0/s1. The zero-order valence-electron chi connectivity index (χ0n) is 23.3. The predicted molar refractivity (Wildman–Crippen MR) is 144 cm³/mol. The Kier molecular flexibility index (Phi) is 7.94. The number of carbonyl (C=O) groups is 3. The van der Waals surface area contributed by atoms with E-state index in [0.29, 0.717) is 31.1 Å². The maximum Gasteiger partial charge on any atom is 0.251 e. The Hall–Kier alpha value is -2.29. The van der Waals surface area contributed by atoms with Gasteiger partial charge in [-0.25, -0.2) is 0 Å². The third kappa shape index (κ3) is 5.97. The number of amides is 2. The van der Waals surface area contributed by atoms with Gasteiger partial charge in [-0.2, -0.15) is 0 Å². The van der Waals surface area contributed by atoms with E-state index in [1.807, 2.05) is 39.8 Å². The number of piperidine rings is 1. The Bertz CT molecular complexity index is 1020. The number of nitrogens with zero attached hydrogens (tertiary/aromatic N) is 2. The van der Waals surface area contributed by atoms with Crippen LogP contribution in [0.5, 0.6) is 0 Å². The lowest BCUT2D eigenvalue weighted by Gasteiger charge is -2.32. The zero-order valence-corrected chi connectivity index (χ0v) is 23.3. The van der Waals surface area contributed by atoms with Crippen LogP contribution < -0.4 is 5.32 Å². The van der Waals surface area contributed by atoms with Crippen molar-refractivity contribution in [2.45, 2.75) is 96.1 Å². The number of ether oxygens (including phenoxy) is 2. The van der Waals surface area contributed by atoms with E-state index in [1.54, 1.807) is 4.90 Å². The molecular formula is C30H43N3O5. The molecule has 1 aromatic rings. The van der Waals surface area contributed by atoms with E-state index in [0.717, 1.165) is 32.0 Å². The van der Waals surface area contributed by atoms with Gasteiger partial charge in [-0.15, -0.1) is 0 Å². The normalized spacial score (nSPS) is 27.4. The molecule has 38 heavy (non-hydrogen) atoms. The fourth-order valence-electron chi connectivity index (χ4n) is 6.40. The number of benzene rings is 1.